The molecule has 0 saturated carbocycles. The van der Waals surface area contributed by atoms with E-state index < -0.39 is 0 Å². The lowest BCUT2D eigenvalue weighted by Gasteiger charge is -2.25. The van der Waals surface area contributed by atoms with Gasteiger partial charge in [0.1, 0.15) is 17.3 Å². The van der Waals surface area contributed by atoms with Crippen LogP contribution in [0.3, 0.4) is 0 Å². The molecule has 2 heterocycles. The van der Waals surface area contributed by atoms with E-state index in [1.807, 2.05) is 19.1 Å². The molecule has 0 aliphatic carbocycles. The Bertz CT molecular complexity index is 696. The first-order valence-electron chi connectivity index (χ1n) is 8.57. The number of hydrogen-bond donors (Lipinski definition) is 0. The van der Waals surface area contributed by atoms with E-state index in [1.54, 1.807) is 14.2 Å². The summed E-state index contributed by atoms with van der Waals surface area (Å²) in [6.45, 7) is 6.09. The number of methoxy groups -OCH3 is 2. The molecule has 3 rings (SSSR count). The first-order chi connectivity index (χ1) is 11.7. The van der Waals surface area contributed by atoms with E-state index >= 15 is 0 Å². The van der Waals surface area contributed by atoms with Gasteiger partial charge in [0.2, 0.25) is 0 Å². The number of hydrogen-bond acceptors (Lipinski definition) is 5. The van der Waals surface area contributed by atoms with Gasteiger partial charge in [-0.05, 0) is 32.4 Å². The predicted octanol–water partition coefficient (Wildman–Crippen LogP) is 3.90. The molecule has 1 fully saturated rings. The summed E-state index contributed by atoms with van der Waals surface area (Å²) in [5, 5.41) is 4.19. The smallest absolute Gasteiger partial charge is 0.141 e. The molecule has 24 heavy (non-hydrogen) atoms. The zero-order valence-corrected chi connectivity index (χ0v) is 15.0. The number of likely N-dealkylation sites (tertiary alicyclic amines) is 1. The molecule has 0 spiro atoms. The number of benzene rings is 1. The maximum Gasteiger partial charge on any atom is 0.141 e. The van der Waals surface area contributed by atoms with Gasteiger partial charge in [-0.25, -0.2) is 0 Å². The highest BCUT2D eigenvalue weighted by Gasteiger charge is 2.31. The summed E-state index contributed by atoms with van der Waals surface area (Å²) < 4.78 is 16.4. The van der Waals surface area contributed by atoms with Crippen molar-refractivity contribution in [2.75, 3.05) is 20.8 Å². The van der Waals surface area contributed by atoms with Crippen LogP contribution in [0.25, 0.3) is 0 Å². The fourth-order valence-electron chi connectivity index (χ4n) is 3.65. The first-order valence-corrected chi connectivity index (χ1v) is 8.57. The third-order valence-corrected chi connectivity index (χ3v) is 4.87. The van der Waals surface area contributed by atoms with Gasteiger partial charge in [0.15, 0.2) is 0 Å². The summed E-state index contributed by atoms with van der Waals surface area (Å²) in [7, 11) is 3.38. The van der Waals surface area contributed by atoms with Gasteiger partial charge in [-0.3, -0.25) is 4.90 Å². The molecule has 1 aliphatic heterocycles. The van der Waals surface area contributed by atoms with E-state index in [9.17, 15) is 0 Å². The van der Waals surface area contributed by atoms with Gasteiger partial charge in [-0.15, -0.1) is 0 Å². The molecule has 130 valence electrons. The molecule has 1 aromatic heterocycles. The minimum atomic E-state index is 0.373. The van der Waals surface area contributed by atoms with Gasteiger partial charge in [0.05, 0.1) is 19.9 Å². The van der Waals surface area contributed by atoms with Crippen molar-refractivity contribution in [3.63, 3.8) is 0 Å². The molecule has 1 aliphatic rings. The zero-order valence-electron chi connectivity index (χ0n) is 15.0. The normalized spacial score (nSPS) is 18.1. The summed E-state index contributed by atoms with van der Waals surface area (Å²) in [6, 6.07) is 6.40. The number of aryl methyl sites for hydroxylation is 2. The minimum Gasteiger partial charge on any atom is -0.497 e. The first kappa shape index (κ1) is 16.8. The Kier molecular flexibility index (Phi) is 5.09. The highest BCUT2D eigenvalue weighted by atomic mass is 16.5. The Morgan fingerprint density at radius 1 is 1.29 bits per heavy atom. The number of nitrogens with zero attached hydrogens (tertiary/aromatic N) is 2. The lowest BCUT2D eigenvalue weighted by Crippen LogP contribution is -2.24. The van der Waals surface area contributed by atoms with E-state index in [0.717, 1.165) is 48.9 Å². The van der Waals surface area contributed by atoms with Gasteiger partial charge < -0.3 is 14.0 Å². The second kappa shape index (κ2) is 7.26. The zero-order chi connectivity index (χ0) is 17.1. The molecule has 0 bridgehead atoms. The van der Waals surface area contributed by atoms with Crippen molar-refractivity contribution < 1.29 is 14.0 Å². The predicted molar refractivity (Wildman–Crippen MR) is 92.5 cm³/mol. The van der Waals surface area contributed by atoms with Crippen LogP contribution in [0.4, 0.5) is 0 Å². The molecular weight excluding hydrogens is 304 g/mol. The standard InChI is InChI=1S/C19H26N2O3/c1-5-17-19(13(2)20-24-17)16-7-6-10-21(16)12-14-8-9-15(22-3)11-18(14)23-4/h8-9,11,16H,5-7,10,12H2,1-4H3/t16-/m1/s1. The maximum atomic E-state index is 5.56. The van der Waals surface area contributed by atoms with Crippen LogP contribution in [0, 0.1) is 6.92 Å². The highest BCUT2D eigenvalue weighted by Crippen LogP contribution is 2.38. The Balaban J connectivity index is 1.85. The third kappa shape index (κ3) is 3.13. The van der Waals surface area contributed by atoms with Gasteiger partial charge in [-0.1, -0.05) is 18.1 Å². The number of ether oxygens (including phenoxy) is 2. The average Bonchev–Trinajstić information content (AvgIpc) is 3.20. The molecule has 0 unspecified atom stereocenters. The van der Waals surface area contributed by atoms with Gasteiger partial charge in [0.25, 0.3) is 0 Å². The second-order valence-corrected chi connectivity index (χ2v) is 6.26. The van der Waals surface area contributed by atoms with E-state index in [-0.39, 0.29) is 0 Å². The van der Waals surface area contributed by atoms with Crippen LogP contribution in [0.5, 0.6) is 11.5 Å². The Hall–Kier alpha value is -2.01. The maximum absolute atomic E-state index is 5.56. The quantitative estimate of drug-likeness (QED) is 0.804. The van der Waals surface area contributed by atoms with E-state index in [0.29, 0.717) is 6.04 Å². The Morgan fingerprint density at radius 2 is 2.12 bits per heavy atom. The van der Waals surface area contributed by atoms with E-state index in [1.165, 1.54) is 17.5 Å². The van der Waals surface area contributed by atoms with E-state index in [4.69, 9.17) is 14.0 Å². The van der Waals surface area contributed by atoms with E-state index in [2.05, 4.69) is 23.0 Å². The van der Waals surface area contributed by atoms with Crippen LogP contribution in [-0.2, 0) is 13.0 Å². The fraction of sp³-hybridized carbons (Fsp3) is 0.526. The van der Waals surface area contributed by atoms with Crippen molar-refractivity contribution in [1.29, 1.82) is 0 Å². The molecule has 5 nitrogen and oxygen atoms in total. The largest absolute Gasteiger partial charge is 0.497 e. The summed E-state index contributed by atoms with van der Waals surface area (Å²) in [6.07, 6.45) is 3.22. The van der Waals surface area contributed by atoms with Crippen molar-refractivity contribution in [3.05, 3.63) is 40.8 Å². The minimum absolute atomic E-state index is 0.373. The third-order valence-electron chi connectivity index (χ3n) is 4.87. The van der Waals surface area contributed by atoms with Crippen LogP contribution in [0.15, 0.2) is 22.7 Å². The van der Waals surface area contributed by atoms with Crippen molar-refractivity contribution in [2.45, 2.75) is 45.7 Å². The van der Waals surface area contributed by atoms with Gasteiger partial charge in [-0.2, -0.15) is 0 Å². The van der Waals surface area contributed by atoms with Crippen molar-refractivity contribution in [1.82, 2.24) is 10.1 Å². The van der Waals surface area contributed by atoms with Gasteiger partial charge in [0, 0.05) is 36.2 Å². The molecule has 1 aromatic carbocycles. The molecule has 2 aromatic rings. The summed E-state index contributed by atoms with van der Waals surface area (Å²) in [5.41, 5.74) is 3.48. The molecule has 0 amide bonds. The highest BCUT2D eigenvalue weighted by molar-refractivity contribution is 5.41. The SMILES string of the molecule is CCc1onc(C)c1[C@H]1CCCN1Cc1ccc(OC)cc1OC. The van der Waals surface area contributed by atoms with Crippen LogP contribution in [0.2, 0.25) is 0 Å². The van der Waals surface area contributed by atoms with Crippen molar-refractivity contribution in [2.24, 2.45) is 0 Å². The van der Waals surface area contributed by atoms with Crippen LogP contribution in [-0.4, -0.2) is 30.8 Å². The van der Waals surface area contributed by atoms with Crippen LogP contribution < -0.4 is 9.47 Å². The number of rotatable bonds is 6. The summed E-state index contributed by atoms with van der Waals surface area (Å²) >= 11 is 0. The molecule has 1 atom stereocenters. The second-order valence-electron chi connectivity index (χ2n) is 6.26. The fourth-order valence-corrected chi connectivity index (χ4v) is 3.65. The van der Waals surface area contributed by atoms with Crippen molar-refractivity contribution >= 4 is 0 Å². The molecular formula is C19H26N2O3. The lowest BCUT2D eigenvalue weighted by atomic mass is 10.0. The lowest BCUT2D eigenvalue weighted by molar-refractivity contribution is 0.241. The molecule has 0 N–H and O–H groups in total. The average molecular weight is 330 g/mol. The molecule has 0 radical (unpaired) electrons. The summed E-state index contributed by atoms with van der Waals surface area (Å²) in [4.78, 5) is 2.50. The van der Waals surface area contributed by atoms with Gasteiger partial charge >= 0.3 is 0 Å². The molecule has 5 heteroatoms. The summed E-state index contributed by atoms with van der Waals surface area (Å²) in [5.74, 6) is 2.71. The Morgan fingerprint density at radius 3 is 2.83 bits per heavy atom. The number of aromatic nitrogens is 1. The Labute approximate surface area is 143 Å². The molecule has 1 saturated heterocycles. The van der Waals surface area contributed by atoms with Crippen LogP contribution >= 0.6 is 0 Å². The topological polar surface area (TPSA) is 47.7 Å². The van der Waals surface area contributed by atoms with Crippen LogP contribution in [0.1, 0.15) is 48.4 Å². The van der Waals surface area contributed by atoms with Crippen molar-refractivity contribution in [3.8, 4) is 11.5 Å². The monoisotopic (exact) mass is 330 g/mol.